The fourth-order valence-electron chi connectivity index (χ4n) is 5.02. The lowest BCUT2D eigenvalue weighted by atomic mass is 10.1. The standard InChI is InChI=1S/C28H36ClN5/c1-4-27-25(20-33(23-12-13-23)19-22-9-5-6-11-26(22)29)28(32-16-14-31(3)15-17-32)34(30-27)24-10-7-8-21(2)18-24/h5-11,18,23H,4,12-17,19-20H2,1-3H3. The van der Waals surface area contributed by atoms with Crippen LogP contribution in [0.4, 0.5) is 5.82 Å². The van der Waals surface area contributed by atoms with Gasteiger partial charge in [0.15, 0.2) is 0 Å². The number of likely N-dealkylation sites (N-methyl/N-ethyl adjacent to an activating group) is 1. The minimum Gasteiger partial charge on any atom is -0.354 e. The second-order valence-electron chi connectivity index (χ2n) is 9.87. The molecule has 3 aromatic rings. The molecule has 0 bridgehead atoms. The molecule has 1 aliphatic heterocycles. The number of anilines is 1. The Hall–Kier alpha value is -2.34. The number of halogens is 1. The zero-order valence-electron chi connectivity index (χ0n) is 20.7. The molecule has 2 aromatic carbocycles. The highest BCUT2D eigenvalue weighted by Gasteiger charge is 2.33. The average molecular weight is 478 g/mol. The molecule has 0 unspecified atom stereocenters. The molecule has 2 aliphatic rings. The van der Waals surface area contributed by atoms with E-state index in [1.165, 1.54) is 41.0 Å². The predicted octanol–water partition coefficient (Wildman–Crippen LogP) is 5.31. The molecule has 0 spiro atoms. The van der Waals surface area contributed by atoms with Crippen molar-refractivity contribution in [2.75, 3.05) is 38.1 Å². The lowest BCUT2D eigenvalue weighted by molar-refractivity contribution is 0.245. The van der Waals surface area contributed by atoms with Crippen LogP contribution in [-0.2, 0) is 19.5 Å². The molecule has 34 heavy (non-hydrogen) atoms. The molecule has 2 heterocycles. The van der Waals surface area contributed by atoms with Crippen molar-refractivity contribution in [3.8, 4) is 5.69 Å². The summed E-state index contributed by atoms with van der Waals surface area (Å²) in [5.41, 5.74) is 6.21. The summed E-state index contributed by atoms with van der Waals surface area (Å²) in [7, 11) is 2.21. The fourth-order valence-corrected chi connectivity index (χ4v) is 5.21. The van der Waals surface area contributed by atoms with Gasteiger partial charge >= 0.3 is 0 Å². The van der Waals surface area contributed by atoms with E-state index in [0.717, 1.165) is 56.4 Å². The van der Waals surface area contributed by atoms with E-state index < -0.39 is 0 Å². The van der Waals surface area contributed by atoms with Crippen molar-refractivity contribution < 1.29 is 0 Å². The van der Waals surface area contributed by atoms with E-state index in [0.29, 0.717) is 6.04 Å². The zero-order valence-corrected chi connectivity index (χ0v) is 21.4. The van der Waals surface area contributed by atoms with Crippen molar-refractivity contribution in [3.05, 3.63) is 75.9 Å². The third kappa shape index (κ3) is 5.02. The Bertz CT molecular complexity index is 1130. The summed E-state index contributed by atoms with van der Waals surface area (Å²) in [4.78, 5) is 7.60. The predicted molar refractivity (Wildman–Crippen MR) is 141 cm³/mol. The molecule has 1 aliphatic carbocycles. The number of benzene rings is 2. The number of aromatic nitrogens is 2. The molecule has 0 amide bonds. The maximum Gasteiger partial charge on any atom is 0.137 e. The van der Waals surface area contributed by atoms with Crippen LogP contribution in [0.3, 0.4) is 0 Å². The highest BCUT2D eigenvalue weighted by molar-refractivity contribution is 6.31. The number of hydrogen-bond acceptors (Lipinski definition) is 4. The van der Waals surface area contributed by atoms with Crippen molar-refractivity contribution >= 4 is 17.4 Å². The molecule has 5 nitrogen and oxygen atoms in total. The molecule has 0 N–H and O–H groups in total. The zero-order chi connectivity index (χ0) is 23.7. The van der Waals surface area contributed by atoms with Crippen LogP contribution in [0.25, 0.3) is 5.69 Å². The quantitative estimate of drug-likeness (QED) is 0.439. The number of rotatable bonds is 8. The Morgan fingerprint density at radius 3 is 2.44 bits per heavy atom. The van der Waals surface area contributed by atoms with E-state index in [4.69, 9.17) is 16.7 Å². The third-order valence-corrected chi connectivity index (χ3v) is 7.55. The second-order valence-corrected chi connectivity index (χ2v) is 10.3. The van der Waals surface area contributed by atoms with Crippen LogP contribution in [0.5, 0.6) is 0 Å². The Balaban J connectivity index is 1.55. The van der Waals surface area contributed by atoms with E-state index in [-0.39, 0.29) is 0 Å². The molecule has 0 radical (unpaired) electrons. The molecule has 1 saturated carbocycles. The van der Waals surface area contributed by atoms with Gasteiger partial charge in [-0.25, -0.2) is 4.68 Å². The van der Waals surface area contributed by atoms with Crippen LogP contribution in [0.2, 0.25) is 5.02 Å². The summed E-state index contributed by atoms with van der Waals surface area (Å²) in [6.07, 6.45) is 3.46. The van der Waals surface area contributed by atoms with Crippen molar-refractivity contribution in [2.45, 2.75) is 52.2 Å². The first-order valence-corrected chi connectivity index (χ1v) is 13.0. The monoisotopic (exact) mass is 477 g/mol. The maximum absolute atomic E-state index is 6.56. The van der Waals surface area contributed by atoms with Crippen molar-refractivity contribution in [2.24, 2.45) is 0 Å². The van der Waals surface area contributed by atoms with E-state index in [9.17, 15) is 0 Å². The lowest BCUT2D eigenvalue weighted by Crippen LogP contribution is -2.45. The summed E-state index contributed by atoms with van der Waals surface area (Å²) in [6, 6.07) is 17.6. The van der Waals surface area contributed by atoms with Gasteiger partial charge in [0, 0.05) is 55.9 Å². The SMILES string of the molecule is CCc1nn(-c2cccc(C)c2)c(N2CCN(C)CC2)c1CN(Cc1ccccc1Cl)C1CC1. The van der Waals surface area contributed by atoms with Gasteiger partial charge in [-0.1, -0.05) is 48.9 Å². The second kappa shape index (κ2) is 10.1. The molecule has 180 valence electrons. The van der Waals surface area contributed by atoms with E-state index in [1.807, 2.05) is 12.1 Å². The Labute approximate surface area is 208 Å². The summed E-state index contributed by atoms with van der Waals surface area (Å²) < 4.78 is 2.22. The molecular formula is C28H36ClN5. The van der Waals surface area contributed by atoms with Crippen LogP contribution in [0.15, 0.2) is 48.5 Å². The van der Waals surface area contributed by atoms with E-state index >= 15 is 0 Å². The maximum atomic E-state index is 6.56. The highest BCUT2D eigenvalue weighted by atomic mass is 35.5. The smallest absolute Gasteiger partial charge is 0.137 e. The van der Waals surface area contributed by atoms with Crippen molar-refractivity contribution in [1.29, 1.82) is 0 Å². The molecule has 2 fully saturated rings. The van der Waals surface area contributed by atoms with E-state index in [1.54, 1.807) is 0 Å². The number of piperazine rings is 1. The third-order valence-electron chi connectivity index (χ3n) is 7.18. The van der Waals surface area contributed by atoms with Crippen molar-refractivity contribution in [3.63, 3.8) is 0 Å². The minimum atomic E-state index is 0.628. The molecule has 1 saturated heterocycles. The van der Waals surface area contributed by atoms with Gasteiger partial charge in [0.05, 0.1) is 11.4 Å². The normalized spacial score (nSPS) is 17.0. The average Bonchev–Trinajstić information content (AvgIpc) is 3.62. The summed E-state index contributed by atoms with van der Waals surface area (Å²) in [5, 5.41) is 6.06. The lowest BCUT2D eigenvalue weighted by Gasteiger charge is -2.35. The van der Waals surface area contributed by atoms with Crippen molar-refractivity contribution in [1.82, 2.24) is 19.6 Å². The summed E-state index contributed by atoms with van der Waals surface area (Å²) >= 11 is 6.56. The fraction of sp³-hybridized carbons (Fsp3) is 0.464. The van der Waals surface area contributed by atoms with Crippen LogP contribution in [-0.4, -0.2) is 58.8 Å². The van der Waals surface area contributed by atoms with Gasteiger partial charge in [-0.3, -0.25) is 4.90 Å². The van der Waals surface area contributed by atoms with Crippen LogP contribution in [0, 0.1) is 6.92 Å². The summed E-state index contributed by atoms with van der Waals surface area (Å²) in [5.74, 6) is 1.28. The van der Waals surface area contributed by atoms with Gasteiger partial charge in [0.1, 0.15) is 5.82 Å². The molecule has 0 atom stereocenters. The Morgan fingerprint density at radius 1 is 1.00 bits per heavy atom. The van der Waals surface area contributed by atoms with Gasteiger partial charge in [-0.05, 0) is 62.6 Å². The highest BCUT2D eigenvalue weighted by Crippen LogP contribution is 2.36. The first-order chi connectivity index (χ1) is 16.5. The molecule has 6 heteroatoms. The molecule has 1 aromatic heterocycles. The largest absolute Gasteiger partial charge is 0.354 e. The van der Waals surface area contributed by atoms with Gasteiger partial charge < -0.3 is 9.80 Å². The number of hydrogen-bond donors (Lipinski definition) is 0. The van der Waals surface area contributed by atoms with E-state index in [2.05, 4.69) is 76.7 Å². The van der Waals surface area contributed by atoms with Gasteiger partial charge in [-0.2, -0.15) is 5.10 Å². The van der Waals surface area contributed by atoms with Gasteiger partial charge in [0.25, 0.3) is 0 Å². The minimum absolute atomic E-state index is 0.628. The van der Waals surface area contributed by atoms with Crippen LogP contribution < -0.4 is 4.90 Å². The molecule has 5 rings (SSSR count). The Kier molecular flexibility index (Phi) is 6.96. The van der Waals surface area contributed by atoms with Crippen LogP contribution in [0.1, 0.15) is 42.1 Å². The topological polar surface area (TPSA) is 27.5 Å². The van der Waals surface area contributed by atoms with Gasteiger partial charge in [0.2, 0.25) is 0 Å². The first-order valence-electron chi connectivity index (χ1n) is 12.6. The van der Waals surface area contributed by atoms with Crippen LogP contribution >= 0.6 is 11.6 Å². The number of nitrogens with zero attached hydrogens (tertiary/aromatic N) is 5. The van der Waals surface area contributed by atoms with Gasteiger partial charge in [-0.15, -0.1) is 0 Å². The number of aryl methyl sites for hydroxylation is 2. The Morgan fingerprint density at radius 2 is 1.76 bits per heavy atom. The summed E-state index contributed by atoms with van der Waals surface area (Å²) in [6.45, 7) is 10.4. The molecular weight excluding hydrogens is 442 g/mol. The first kappa shape index (κ1) is 23.4.